The van der Waals surface area contributed by atoms with Gasteiger partial charge in [-0.25, -0.2) is 0 Å². The molecule has 1 saturated heterocycles. The fourth-order valence-corrected chi connectivity index (χ4v) is 2.14. The summed E-state index contributed by atoms with van der Waals surface area (Å²) in [6, 6.07) is 0.556. The second kappa shape index (κ2) is 6.58. The number of ether oxygens (including phenoxy) is 1. The maximum atomic E-state index is 9.43. The molecule has 0 aromatic rings. The van der Waals surface area contributed by atoms with Gasteiger partial charge in [0.05, 0.1) is 25.2 Å². The highest BCUT2D eigenvalue weighted by Crippen LogP contribution is 2.28. The van der Waals surface area contributed by atoms with E-state index in [0.29, 0.717) is 6.04 Å². The van der Waals surface area contributed by atoms with Crippen molar-refractivity contribution in [1.82, 2.24) is 4.90 Å². The lowest BCUT2D eigenvalue weighted by molar-refractivity contribution is -0.150. The van der Waals surface area contributed by atoms with Crippen LogP contribution in [-0.2, 0) is 4.74 Å². The normalized spacial score (nSPS) is 19.1. The van der Waals surface area contributed by atoms with Gasteiger partial charge in [0.2, 0.25) is 0 Å². The summed E-state index contributed by atoms with van der Waals surface area (Å²) in [5.41, 5.74) is 0.0243. The van der Waals surface area contributed by atoms with Gasteiger partial charge in [-0.1, -0.05) is 19.8 Å². The molecule has 0 unspecified atom stereocenters. The fourth-order valence-electron chi connectivity index (χ4n) is 2.14. The first kappa shape index (κ1) is 13.9. The van der Waals surface area contributed by atoms with Crippen LogP contribution in [0.5, 0.6) is 0 Å². The van der Waals surface area contributed by atoms with E-state index >= 15 is 0 Å². The zero-order chi connectivity index (χ0) is 12.0. The van der Waals surface area contributed by atoms with Gasteiger partial charge in [0.1, 0.15) is 0 Å². The van der Waals surface area contributed by atoms with Crippen LogP contribution in [0, 0.1) is 5.41 Å². The molecule has 0 radical (unpaired) electrons. The van der Waals surface area contributed by atoms with Crippen LogP contribution in [0.4, 0.5) is 0 Å². The van der Waals surface area contributed by atoms with E-state index in [0.717, 1.165) is 26.3 Å². The van der Waals surface area contributed by atoms with Gasteiger partial charge in [0.15, 0.2) is 0 Å². The molecule has 1 aliphatic rings. The summed E-state index contributed by atoms with van der Waals surface area (Å²) in [4.78, 5) is 2.48. The standard InChI is InChI=1S/C13H27NO2/c1-4-5-6-7-14(12(2)3)8-13(9-15)10-16-11-13/h12,15H,4-11H2,1-3H3. The minimum absolute atomic E-state index is 0.0243. The van der Waals surface area contributed by atoms with Crippen molar-refractivity contribution >= 4 is 0 Å². The van der Waals surface area contributed by atoms with E-state index in [9.17, 15) is 5.11 Å². The second-order valence-corrected chi connectivity index (χ2v) is 5.42. The molecule has 1 aliphatic heterocycles. The summed E-state index contributed by atoms with van der Waals surface area (Å²) in [6.45, 7) is 10.5. The van der Waals surface area contributed by atoms with Crippen molar-refractivity contribution in [2.45, 2.75) is 46.1 Å². The van der Waals surface area contributed by atoms with Crippen molar-refractivity contribution in [3.8, 4) is 0 Å². The van der Waals surface area contributed by atoms with Crippen LogP contribution in [-0.4, -0.2) is 49.0 Å². The lowest BCUT2D eigenvalue weighted by atomic mass is 9.86. The Balaban J connectivity index is 2.37. The molecule has 0 atom stereocenters. The molecule has 0 aromatic carbocycles. The maximum Gasteiger partial charge on any atom is 0.0579 e. The van der Waals surface area contributed by atoms with Gasteiger partial charge < -0.3 is 14.7 Å². The molecule has 0 bridgehead atoms. The third kappa shape index (κ3) is 3.72. The van der Waals surface area contributed by atoms with Crippen LogP contribution in [0.3, 0.4) is 0 Å². The number of aliphatic hydroxyl groups is 1. The summed E-state index contributed by atoms with van der Waals surface area (Å²) in [7, 11) is 0. The SMILES string of the molecule is CCCCCN(CC1(CO)COC1)C(C)C. The minimum Gasteiger partial charge on any atom is -0.396 e. The third-order valence-corrected chi connectivity index (χ3v) is 3.47. The molecule has 0 spiro atoms. The van der Waals surface area contributed by atoms with Crippen molar-refractivity contribution < 1.29 is 9.84 Å². The smallest absolute Gasteiger partial charge is 0.0579 e. The Morgan fingerprint density at radius 2 is 2.00 bits per heavy atom. The molecule has 3 nitrogen and oxygen atoms in total. The van der Waals surface area contributed by atoms with E-state index < -0.39 is 0 Å². The Hall–Kier alpha value is -0.120. The number of hydrogen-bond donors (Lipinski definition) is 1. The fraction of sp³-hybridized carbons (Fsp3) is 1.00. The lowest BCUT2D eigenvalue weighted by Gasteiger charge is -2.44. The number of rotatable bonds is 8. The molecule has 1 N–H and O–H groups in total. The van der Waals surface area contributed by atoms with E-state index in [4.69, 9.17) is 4.74 Å². The van der Waals surface area contributed by atoms with Crippen LogP contribution in [0.2, 0.25) is 0 Å². The van der Waals surface area contributed by atoms with Crippen LogP contribution in [0.15, 0.2) is 0 Å². The molecule has 96 valence electrons. The number of nitrogens with zero attached hydrogens (tertiary/aromatic N) is 1. The van der Waals surface area contributed by atoms with Gasteiger partial charge in [0, 0.05) is 12.6 Å². The van der Waals surface area contributed by atoms with Crippen LogP contribution >= 0.6 is 0 Å². The highest BCUT2D eigenvalue weighted by molar-refractivity contribution is 4.88. The molecule has 0 saturated carbocycles. The van der Waals surface area contributed by atoms with Crippen molar-refractivity contribution in [3.63, 3.8) is 0 Å². The predicted molar refractivity (Wildman–Crippen MR) is 66.6 cm³/mol. The van der Waals surface area contributed by atoms with Crippen LogP contribution < -0.4 is 0 Å². The Morgan fingerprint density at radius 3 is 2.38 bits per heavy atom. The number of aliphatic hydroxyl groups excluding tert-OH is 1. The average molecular weight is 229 g/mol. The molecular formula is C13H27NO2. The van der Waals surface area contributed by atoms with E-state index in [-0.39, 0.29) is 12.0 Å². The highest BCUT2D eigenvalue weighted by Gasteiger charge is 2.39. The van der Waals surface area contributed by atoms with Crippen molar-refractivity contribution in [3.05, 3.63) is 0 Å². The molecule has 0 aromatic heterocycles. The second-order valence-electron chi connectivity index (χ2n) is 5.42. The van der Waals surface area contributed by atoms with E-state index in [1.807, 2.05) is 0 Å². The Kier molecular flexibility index (Phi) is 5.73. The zero-order valence-electron chi connectivity index (χ0n) is 11.0. The van der Waals surface area contributed by atoms with E-state index in [2.05, 4.69) is 25.7 Å². The van der Waals surface area contributed by atoms with Gasteiger partial charge >= 0.3 is 0 Å². The first-order valence-corrected chi connectivity index (χ1v) is 6.56. The molecule has 1 heterocycles. The Labute approximate surface area is 99.8 Å². The molecule has 3 heteroatoms. The van der Waals surface area contributed by atoms with Gasteiger partial charge in [-0.2, -0.15) is 0 Å². The summed E-state index contributed by atoms with van der Waals surface area (Å²) < 4.78 is 5.25. The topological polar surface area (TPSA) is 32.7 Å². The average Bonchev–Trinajstić information content (AvgIpc) is 2.20. The van der Waals surface area contributed by atoms with Crippen LogP contribution in [0.1, 0.15) is 40.0 Å². The lowest BCUT2D eigenvalue weighted by Crippen LogP contribution is -2.54. The molecule has 0 aliphatic carbocycles. The third-order valence-electron chi connectivity index (χ3n) is 3.47. The highest BCUT2D eigenvalue weighted by atomic mass is 16.5. The van der Waals surface area contributed by atoms with Crippen molar-refractivity contribution in [2.75, 3.05) is 32.9 Å². The first-order chi connectivity index (χ1) is 7.63. The maximum absolute atomic E-state index is 9.43. The number of unbranched alkanes of at least 4 members (excludes halogenated alkanes) is 2. The quantitative estimate of drug-likeness (QED) is 0.645. The molecule has 0 amide bonds. The van der Waals surface area contributed by atoms with E-state index in [1.54, 1.807) is 0 Å². The largest absolute Gasteiger partial charge is 0.396 e. The summed E-state index contributed by atoms with van der Waals surface area (Å²) in [6.07, 6.45) is 3.82. The number of hydrogen-bond acceptors (Lipinski definition) is 3. The van der Waals surface area contributed by atoms with Gasteiger partial charge in [-0.15, -0.1) is 0 Å². The van der Waals surface area contributed by atoms with Crippen molar-refractivity contribution in [1.29, 1.82) is 0 Å². The van der Waals surface area contributed by atoms with Gasteiger partial charge in [0.25, 0.3) is 0 Å². The van der Waals surface area contributed by atoms with E-state index in [1.165, 1.54) is 19.3 Å². The minimum atomic E-state index is 0.0243. The summed E-state index contributed by atoms with van der Waals surface area (Å²) in [5.74, 6) is 0. The first-order valence-electron chi connectivity index (χ1n) is 6.56. The summed E-state index contributed by atoms with van der Waals surface area (Å²) >= 11 is 0. The Bertz CT molecular complexity index is 185. The monoisotopic (exact) mass is 229 g/mol. The molecule has 16 heavy (non-hydrogen) atoms. The van der Waals surface area contributed by atoms with Gasteiger partial charge in [-0.3, -0.25) is 0 Å². The van der Waals surface area contributed by atoms with Crippen molar-refractivity contribution in [2.24, 2.45) is 5.41 Å². The van der Waals surface area contributed by atoms with Crippen LogP contribution in [0.25, 0.3) is 0 Å². The summed E-state index contributed by atoms with van der Waals surface area (Å²) in [5, 5.41) is 9.43. The molecule has 1 rings (SSSR count). The molecular weight excluding hydrogens is 202 g/mol. The predicted octanol–water partition coefficient (Wildman–Crippen LogP) is 1.90. The molecule has 1 fully saturated rings. The van der Waals surface area contributed by atoms with Gasteiger partial charge in [-0.05, 0) is 26.8 Å². The zero-order valence-corrected chi connectivity index (χ0v) is 11.0. The Morgan fingerprint density at radius 1 is 1.31 bits per heavy atom.